The number of allylic oxidation sites excluding steroid dienone is 3. The molecule has 4 aliphatic heterocycles. The van der Waals surface area contributed by atoms with Crippen molar-refractivity contribution in [1.29, 1.82) is 0 Å². The van der Waals surface area contributed by atoms with Gasteiger partial charge in [0.25, 0.3) is 0 Å². The molecule has 220 valence electrons. The van der Waals surface area contributed by atoms with Crippen molar-refractivity contribution >= 4 is 48.5 Å². The van der Waals surface area contributed by atoms with Crippen LogP contribution in [0.2, 0.25) is 0 Å². The van der Waals surface area contributed by atoms with Gasteiger partial charge in [0.1, 0.15) is 0 Å². The van der Waals surface area contributed by atoms with Crippen molar-refractivity contribution in [3.63, 3.8) is 0 Å². The Balaban J connectivity index is 1.56. The number of amidine groups is 1. The van der Waals surface area contributed by atoms with Gasteiger partial charge in [-0.1, -0.05) is 0 Å². The second kappa shape index (κ2) is 8.78. The molecule has 0 N–H and O–H groups in total. The van der Waals surface area contributed by atoms with E-state index in [0.29, 0.717) is 29.7 Å². The number of fused-ring (bicyclic) bond motifs is 14. The number of benzene rings is 2. The second-order valence-corrected chi connectivity index (χ2v) is 19.9. The predicted octanol–water partition coefficient (Wildman–Crippen LogP) is 4.50. The van der Waals surface area contributed by atoms with Crippen LogP contribution in [0.1, 0.15) is 26.7 Å². The molecule has 0 fully saturated rings. The molecule has 5 aromatic rings. The van der Waals surface area contributed by atoms with Gasteiger partial charge in [-0.05, 0) is 0 Å². The number of pyridine rings is 1. The molecule has 1 unspecified atom stereocenters. The average molecular weight is 723 g/mol. The summed E-state index contributed by atoms with van der Waals surface area (Å²) in [6.45, 7) is 4.27. The molecule has 44 heavy (non-hydrogen) atoms. The van der Waals surface area contributed by atoms with E-state index in [1.54, 1.807) is 26.6 Å². The number of alkyl halides is 4. The zero-order valence-electron chi connectivity index (χ0n) is 23.5. The van der Waals surface area contributed by atoms with Crippen molar-refractivity contribution in [2.75, 3.05) is 0 Å². The van der Waals surface area contributed by atoms with E-state index < -0.39 is 34.5 Å². The summed E-state index contributed by atoms with van der Waals surface area (Å²) in [7, 11) is 0. The maximum atomic E-state index is 14.5. The molecule has 0 aliphatic carbocycles. The molecule has 0 saturated carbocycles. The monoisotopic (exact) mass is 722 g/mol. The Morgan fingerprint density at radius 1 is 0.955 bits per heavy atom. The van der Waals surface area contributed by atoms with E-state index in [9.17, 15) is 13.2 Å². The summed E-state index contributed by atoms with van der Waals surface area (Å²) in [6.07, 6.45) is 7.59. The molecular formula is C32H24F3IN7S+. The number of aliphatic imine (C=N–C) groups is 1. The van der Waals surface area contributed by atoms with Crippen molar-refractivity contribution in [2.24, 2.45) is 10.1 Å². The molecule has 2 aromatic carbocycles. The molecule has 9 rings (SSSR count). The average Bonchev–Trinajstić information content (AvgIpc) is 3.74. The van der Waals surface area contributed by atoms with Crippen LogP contribution < -0.4 is 21.8 Å². The first-order valence-corrected chi connectivity index (χ1v) is 19.2. The molecule has 0 bridgehead atoms. The van der Waals surface area contributed by atoms with Gasteiger partial charge in [0.2, 0.25) is 0 Å². The van der Waals surface area contributed by atoms with E-state index >= 15 is 0 Å². The number of halogens is 4. The van der Waals surface area contributed by atoms with Crippen molar-refractivity contribution in [3.05, 3.63) is 100 Å². The van der Waals surface area contributed by atoms with Crippen molar-refractivity contribution in [2.45, 2.75) is 36.4 Å². The number of rotatable bonds is 2. The Morgan fingerprint density at radius 3 is 2.59 bits per heavy atom. The summed E-state index contributed by atoms with van der Waals surface area (Å²) in [6, 6.07) is 16.7. The molecule has 12 heteroatoms. The predicted molar refractivity (Wildman–Crippen MR) is 159 cm³/mol. The number of nitrogens with zero attached hydrogens (tertiary/aromatic N) is 7. The molecule has 0 amide bonds. The van der Waals surface area contributed by atoms with Crippen LogP contribution in [0.5, 0.6) is 0 Å². The molecule has 4 aliphatic rings. The van der Waals surface area contributed by atoms with Crippen molar-refractivity contribution < 1.29 is 37.8 Å². The minimum absolute atomic E-state index is 0.231. The van der Waals surface area contributed by atoms with Gasteiger partial charge in [0, 0.05) is 0 Å². The Hall–Kier alpha value is -4.04. The van der Waals surface area contributed by atoms with E-state index in [4.69, 9.17) is 4.98 Å². The van der Waals surface area contributed by atoms with Crippen LogP contribution in [0.25, 0.3) is 42.6 Å². The molecule has 0 radical (unpaired) electrons. The van der Waals surface area contributed by atoms with E-state index in [0.717, 1.165) is 35.0 Å². The fourth-order valence-electron chi connectivity index (χ4n) is 7.18. The standard InChI is InChI=1S/C32H24F3IN7S/c1-3-31(4-2)36(43-29(23-10-7-8-18-41(23)31)39-30(40-43)32(33,34)35)20-12-15-25-26(19-9-5-6-11-24(19)44-25)27(20)22-14-13-21-28(42(22)36)38-17-16-37-21/h5-18H,3-4H2,1-2H3/q+1. The normalized spacial score (nSPS) is 22.7. The zero-order chi connectivity index (χ0) is 30.0. The number of azo groups is 1. The van der Waals surface area contributed by atoms with Crippen LogP contribution in [-0.2, 0) is 0 Å². The summed E-state index contributed by atoms with van der Waals surface area (Å²) in [5.74, 6) is -0.896. The van der Waals surface area contributed by atoms with Crippen LogP contribution >= 0.6 is 11.3 Å². The molecule has 3 aromatic heterocycles. The number of hydrogen-bond donors (Lipinski definition) is 0. The maximum absolute atomic E-state index is 14.5. The van der Waals surface area contributed by atoms with Crippen LogP contribution in [0.4, 0.5) is 13.2 Å². The summed E-state index contributed by atoms with van der Waals surface area (Å²) < 4.78 is 50.2. The van der Waals surface area contributed by atoms with Gasteiger partial charge >= 0.3 is 259 Å². The van der Waals surface area contributed by atoms with Gasteiger partial charge in [-0.2, -0.15) is 0 Å². The topological polar surface area (TPSA) is 60.6 Å². The Bertz CT molecular complexity index is 2280. The molecule has 1 spiro atoms. The van der Waals surface area contributed by atoms with Gasteiger partial charge in [-0.25, -0.2) is 0 Å². The number of thiophene rings is 1. The Kier molecular flexibility index (Phi) is 5.26. The van der Waals surface area contributed by atoms with Crippen LogP contribution in [-0.4, -0.2) is 33.3 Å². The zero-order valence-corrected chi connectivity index (χ0v) is 26.5. The number of aromatic nitrogens is 3. The first kappa shape index (κ1) is 26.4. The summed E-state index contributed by atoms with van der Waals surface area (Å²) in [4.78, 5) is 16.0. The Labute approximate surface area is 258 Å². The van der Waals surface area contributed by atoms with E-state index in [2.05, 4.69) is 67.0 Å². The third kappa shape index (κ3) is 2.98. The second-order valence-electron chi connectivity index (χ2n) is 10.9. The SMILES string of the molecule is CCC1(CC)N2C=CC=CC2=C2N=C(C(F)(F)F)N=[N+]2[I-]12c1ccc3sc4ccccc4c3c1-c1ccc3nccnc3[n+]12. The fourth-order valence-corrected chi connectivity index (χ4v) is 21.5. The van der Waals surface area contributed by atoms with Crippen molar-refractivity contribution in [3.8, 4) is 11.3 Å². The number of hydrogen-bond acceptors (Lipinski definition) is 6. The molecule has 0 saturated heterocycles. The Morgan fingerprint density at radius 2 is 1.77 bits per heavy atom. The van der Waals surface area contributed by atoms with E-state index in [1.807, 2.05) is 42.6 Å². The summed E-state index contributed by atoms with van der Waals surface area (Å²) in [5.41, 5.74) is 3.93. The molecule has 1 atom stereocenters. The fraction of sp³-hybridized carbons (Fsp3) is 0.188. The van der Waals surface area contributed by atoms with Gasteiger partial charge in [-0.3, -0.25) is 0 Å². The molecular weight excluding hydrogens is 698 g/mol. The molecule has 7 heterocycles. The van der Waals surface area contributed by atoms with E-state index in [1.165, 1.54) is 0 Å². The van der Waals surface area contributed by atoms with Crippen LogP contribution in [0.3, 0.4) is 0 Å². The van der Waals surface area contributed by atoms with E-state index in [-0.39, 0.29) is 5.82 Å². The third-order valence-corrected chi connectivity index (χ3v) is 21.8. The quantitative estimate of drug-likeness (QED) is 0.117. The van der Waals surface area contributed by atoms with Crippen LogP contribution in [0.15, 0.2) is 107 Å². The van der Waals surface area contributed by atoms with Gasteiger partial charge in [0.15, 0.2) is 0 Å². The summed E-state index contributed by atoms with van der Waals surface area (Å²) >= 11 is -2.66. The van der Waals surface area contributed by atoms with Crippen molar-refractivity contribution in [1.82, 2.24) is 14.9 Å². The minimum atomic E-state index is -4.71. The first-order valence-electron chi connectivity index (χ1n) is 14.3. The van der Waals surface area contributed by atoms with Gasteiger partial charge in [-0.15, -0.1) is 0 Å². The molecule has 7 nitrogen and oxygen atoms in total. The third-order valence-electron chi connectivity index (χ3n) is 8.93. The van der Waals surface area contributed by atoms with Gasteiger partial charge < -0.3 is 0 Å². The first-order chi connectivity index (χ1) is 21.3. The van der Waals surface area contributed by atoms with Gasteiger partial charge in [0.05, 0.1) is 0 Å². The van der Waals surface area contributed by atoms with Crippen LogP contribution in [0, 0.1) is 3.57 Å². The summed E-state index contributed by atoms with van der Waals surface area (Å²) in [5, 5.41) is 6.71.